The number of piperidine rings is 2. The van der Waals surface area contributed by atoms with E-state index in [0.717, 1.165) is 13.0 Å². The van der Waals surface area contributed by atoms with Gasteiger partial charge in [-0.2, -0.15) is 0 Å². The van der Waals surface area contributed by atoms with Gasteiger partial charge in [0.1, 0.15) is 0 Å². The minimum atomic E-state index is -0.163. The lowest BCUT2D eigenvalue weighted by Crippen LogP contribution is -2.72. The second-order valence-electron chi connectivity index (χ2n) is 10.7. The molecule has 2 fully saturated rings. The number of rotatable bonds is 0. The molecule has 3 nitrogen and oxygen atoms in total. The van der Waals surface area contributed by atoms with Gasteiger partial charge < -0.3 is 10.0 Å². The zero-order valence-corrected chi connectivity index (χ0v) is 18.9. The monoisotopic (exact) mass is 410 g/mol. The van der Waals surface area contributed by atoms with Gasteiger partial charge in [0, 0.05) is 37.0 Å². The maximum atomic E-state index is 11.5. The van der Waals surface area contributed by atoms with E-state index in [1.54, 1.807) is 5.57 Å². The van der Waals surface area contributed by atoms with Crippen LogP contribution in [0.4, 0.5) is 0 Å². The maximum Gasteiger partial charge on any atom is 0.0707 e. The molecule has 0 saturated carbocycles. The molecule has 6 rings (SSSR count). The van der Waals surface area contributed by atoms with Crippen molar-refractivity contribution in [2.45, 2.75) is 82.8 Å². The highest BCUT2D eigenvalue weighted by atomic mass is 16.3. The van der Waals surface area contributed by atoms with Crippen LogP contribution in [-0.2, 0) is 0 Å². The highest BCUT2D eigenvalue weighted by molar-refractivity contribution is 5.32. The molecular formula is C27H42N2O. The van der Waals surface area contributed by atoms with Gasteiger partial charge in [-0.1, -0.05) is 48.8 Å². The summed E-state index contributed by atoms with van der Waals surface area (Å²) in [6.07, 6.45) is 26.2. The van der Waals surface area contributed by atoms with Gasteiger partial charge in [0.25, 0.3) is 0 Å². The molecule has 0 radical (unpaired) electrons. The molecule has 1 aliphatic carbocycles. The average molecular weight is 411 g/mol. The molecule has 1 spiro atoms. The van der Waals surface area contributed by atoms with E-state index >= 15 is 0 Å². The number of aliphatic hydroxyl groups excluding tert-OH is 1. The van der Waals surface area contributed by atoms with Crippen LogP contribution in [0.1, 0.15) is 70.6 Å². The third-order valence-electron chi connectivity index (χ3n) is 8.76. The van der Waals surface area contributed by atoms with Gasteiger partial charge in [0.2, 0.25) is 0 Å². The van der Waals surface area contributed by atoms with Crippen molar-refractivity contribution < 1.29 is 5.11 Å². The van der Waals surface area contributed by atoms with E-state index in [2.05, 4.69) is 40.2 Å². The third-order valence-corrected chi connectivity index (χ3v) is 8.76. The predicted molar refractivity (Wildman–Crippen MR) is 124 cm³/mol. The summed E-state index contributed by atoms with van der Waals surface area (Å²) < 4.78 is 0. The van der Waals surface area contributed by atoms with E-state index in [-0.39, 0.29) is 11.5 Å². The first-order chi connectivity index (χ1) is 14.8. The standard InChI is InChI=1S/C27H42N2O/c30-24-20-28-16-12-8-4-1-2-6-10-14-22-18-23-19-29-17-13-9-5-3-7-11-15-27(21-28,25(23)24)26(22)29/h3,6-7,10,18,23-26,30H,1-2,4-5,8-9,11-17,19-21H2/b7-3-,10-6-/t23-,24-,25-,26-,27-/m1/s1. The molecule has 166 valence electrons. The summed E-state index contributed by atoms with van der Waals surface area (Å²) in [5, 5.41) is 11.5. The molecule has 0 aromatic carbocycles. The summed E-state index contributed by atoms with van der Waals surface area (Å²) >= 11 is 0. The first-order valence-corrected chi connectivity index (χ1v) is 12.9. The minimum Gasteiger partial charge on any atom is -0.391 e. The Morgan fingerprint density at radius 1 is 0.833 bits per heavy atom. The SMILES string of the molecule is O[C@@H]1CN2CCCCCC/C=C\CC3=C[C@@H]4CN5CCCC/C=C\CC[C@@](C2)([C@@H]14)[C@@H]35. The topological polar surface area (TPSA) is 26.7 Å². The van der Waals surface area contributed by atoms with Crippen LogP contribution in [0.25, 0.3) is 0 Å². The zero-order chi connectivity index (χ0) is 20.4. The fourth-order valence-corrected chi connectivity index (χ4v) is 7.71. The normalized spacial score (nSPS) is 46.9. The molecule has 30 heavy (non-hydrogen) atoms. The Balaban J connectivity index is 1.55. The van der Waals surface area contributed by atoms with Crippen molar-refractivity contribution in [3.05, 3.63) is 36.0 Å². The molecular weight excluding hydrogens is 368 g/mol. The summed E-state index contributed by atoms with van der Waals surface area (Å²) in [5.41, 5.74) is 1.89. The van der Waals surface area contributed by atoms with Crippen LogP contribution in [0.2, 0.25) is 0 Å². The number of nitrogens with zero attached hydrogens (tertiary/aromatic N) is 2. The van der Waals surface area contributed by atoms with Gasteiger partial charge >= 0.3 is 0 Å². The van der Waals surface area contributed by atoms with E-state index in [1.807, 2.05) is 0 Å². The van der Waals surface area contributed by atoms with Gasteiger partial charge in [0.05, 0.1) is 6.10 Å². The Bertz CT molecular complexity index is 682. The lowest BCUT2D eigenvalue weighted by Gasteiger charge is -2.65. The van der Waals surface area contributed by atoms with Crippen LogP contribution in [0.3, 0.4) is 0 Å². The van der Waals surface area contributed by atoms with Crippen molar-refractivity contribution in [1.29, 1.82) is 0 Å². The minimum absolute atomic E-state index is 0.163. The lowest BCUT2D eigenvalue weighted by molar-refractivity contribution is -0.159. The lowest BCUT2D eigenvalue weighted by atomic mass is 9.51. The largest absolute Gasteiger partial charge is 0.391 e. The zero-order valence-electron chi connectivity index (χ0n) is 18.9. The van der Waals surface area contributed by atoms with E-state index in [0.29, 0.717) is 17.9 Å². The molecule has 0 amide bonds. The van der Waals surface area contributed by atoms with E-state index in [4.69, 9.17) is 0 Å². The first kappa shape index (κ1) is 21.0. The van der Waals surface area contributed by atoms with Crippen LogP contribution < -0.4 is 0 Å². The second kappa shape index (κ2) is 9.30. The Hall–Kier alpha value is -0.900. The smallest absolute Gasteiger partial charge is 0.0707 e. The summed E-state index contributed by atoms with van der Waals surface area (Å²) in [7, 11) is 0. The summed E-state index contributed by atoms with van der Waals surface area (Å²) in [4.78, 5) is 5.51. The molecule has 7 atom stereocenters. The van der Waals surface area contributed by atoms with E-state index in [1.165, 1.54) is 90.4 Å². The molecule has 1 N–H and O–H groups in total. The highest BCUT2D eigenvalue weighted by Crippen LogP contribution is 2.57. The molecule has 2 saturated heterocycles. The van der Waals surface area contributed by atoms with Crippen LogP contribution in [0, 0.1) is 17.3 Å². The van der Waals surface area contributed by atoms with Gasteiger partial charge in [0.15, 0.2) is 0 Å². The van der Waals surface area contributed by atoms with E-state index < -0.39 is 0 Å². The fraction of sp³-hybridized carbons (Fsp3) is 0.778. The Labute approximate surface area is 183 Å². The first-order valence-electron chi connectivity index (χ1n) is 12.9. The Morgan fingerprint density at radius 3 is 2.53 bits per heavy atom. The van der Waals surface area contributed by atoms with Gasteiger partial charge in [-0.25, -0.2) is 0 Å². The molecule has 2 unspecified atom stereocenters. The number of fused-ring (bicyclic) bond motifs is 1. The predicted octanol–water partition coefficient (Wildman–Crippen LogP) is 4.94. The number of hydrogen-bond donors (Lipinski definition) is 1. The molecule has 0 aromatic heterocycles. The van der Waals surface area contributed by atoms with Crippen LogP contribution in [-0.4, -0.2) is 59.8 Å². The van der Waals surface area contributed by atoms with Crippen molar-refractivity contribution in [3.63, 3.8) is 0 Å². The van der Waals surface area contributed by atoms with Crippen LogP contribution in [0.5, 0.6) is 0 Å². The molecule has 6 bridgehead atoms. The van der Waals surface area contributed by atoms with Crippen molar-refractivity contribution in [2.75, 3.05) is 32.7 Å². The number of aliphatic hydroxyl groups is 1. The highest BCUT2D eigenvalue weighted by Gasteiger charge is 2.61. The number of hydrogen-bond acceptors (Lipinski definition) is 3. The van der Waals surface area contributed by atoms with Gasteiger partial charge in [-0.3, -0.25) is 4.90 Å². The Morgan fingerprint density at radius 2 is 1.60 bits per heavy atom. The van der Waals surface area contributed by atoms with E-state index in [9.17, 15) is 5.11 Å². The Kier molecular flexibility index (Phi) is 6.50. The molecule has 6 aliphatic rings. The average Bonchev–Trinajstić information content (AvgIpc) is 2.75. The summed E-state index contributed by atoms with van der Waals surface area (Å²) in [6.45, 7) is 5.68. The van der Waals surface area contributed by atoms with Crippen molar-refractivity contribution in [1.82, 2.24) is 9.80 Å². The molecule has 5 heterocycles. The quantitative estimate of drug-likeness (QED) is 0.573. The van der Waals surface area contributed by atoms with Crippen LogP contribution in [0.15, 0.2) is 36.0 Å². The van der Waals surface area contributed by atoms with Gasteiger partial charge in [-0.15, -0.1) is 0 Å². The van der Waals surface area contributed by atoms with Crippen molar-refractivity contribution >= 4 is 0 Å². The van der Waals surface area contributed by atoms with Crippen molar-refractivity contribution in [3.8, 4) is 0 Å². The van der Waals surface area contributed by atoms with Crippen molar-refractivity contribution in [2.24, 2.45) is 17.3 Å². The summed E-state index contributed by atoms with van der Waals surface area (Å²) in [5.74, 6) is 0.984. The molecule has 0 aromatic rings. The van der Waals surface area contributed by atoms with Gasteiger partial charge in [-0.05, 0) is 76.8 Å². The maximum absolute atomic E-state index is 11.5. The van der Waals surface area contributed by atoms with Crippen LogP contribution >= 0.6 is 0 Å². The molecule has 5 aliphatic heterocycles. The fourth-order valence-electron chi connectivity index (χ4n) is 7.71. The number of allylic oxidation sites excluding steroid dienone is 4. The third kappa shape index (κ3) is 3.98. The second-order valence-corrected chi connectivity index (χ2v) is 10.7. The molecule has 3 heteroatoms. The summed E-state index contributed by atoms with van der Waals surface area (Å²) in [6, 6.07) is 0.532.